The second-order valence-electron chi connectivity index (χ2n) is 2.70. The lowest BCUT2D eigenvalue weighted by molar-refractivity contribution is 0.201. The van der Waals surface area contributed by atoms with Gasteiger partial charge in [-0.3, -0.25) is 0 Å². The molecule has 0 unspecified atom stereocenters. The Kier molecular flexibility index (Phi) is 2.07. The summed E-state index contributed by atoms with van der Waals surface area (Å²) in [5, 5.41) is 9.45. The maximum atomic E-state index is 9.45. The fraction of sp³-hybridized carbons (Fsp3) is 0.222. The Morgan fingerprint density at radius 2 is 2.25 bits per heavy atom. The smallest absolute Gasteiger partial charge is 0.121 e. The van der Waals surface area contributed by atoms with Crippen LogP contribution in [0.3, 0.4) is 0 Å². The van der Waals surface area contributed by atoms with Crippen molar-refractivity contribution >= 4 is 15.9 Å². The molecule has 1 aromatic rings. The van der Waals surface area contributed by atoms with Gasteiger partial charge < -0.3 is 9.84 Å². The molecule has 3 heteroatoms. The highest BCUT2D eigenvalue weighted by Crippen LogP contribution is 2.32. The number of hydrogen-bond donors (Lipinski definition) is 1. The molecule has 1 aliphatic heterocycles. The third-order valence-electron chi connectivity index (χ3n) is 1.95. The summed E-state index contributed by atoms with van der Waals surface area (Å²) in [6.45, 7) is 2.30. The molecule has 0 atom stereocenters. The fourth-order valence-corrected chi connectivity index (χ4v) is 1.86. The molecule has 0 aliphatic carbocycles. The summed E-state index contributed by atoms with van der Waals surface area (Å²) in [5.74, 6) is 0.285. The average molecular weight is 228 g/mol. The number of aromatic hydroxyl groups is 1. The monoisotopic (exact) mass is 227 g/mol. The predicted octanol–water partition coefficient (Wildman–Crippen LogP) is 2.24. The van der Waals surface area contributed by atoms with Gasteiger partial charge in [0.2, 0.25) is 0 Å². The van der Waals surface area contributed by atoms with Crippen LogP contribution in [-0.4, -0.2) is 11.7 Å². The van der Waals surface area contributed by atoms with Gasteiger partial charge in [-0.2, -0.15) is 0 Å². The first kappa shape index (κ1) is 8.08. The maximum Gasteiger partial charge on any atom is 0.121 e. The van der Waals surface area contributed by atoms with E-state index in [0.717, 1.165) is 22.0 Å². The van der Waals surface area contributed by atoms with Crippen molar-refractivity contribution in [3.05, 3.63) is 34.3 Å². The minimum Gasteiger partial charge on any atom is -0.508 e. The van der Waals surface area contributed by atoms with Crippen molar-refractivity contribution in [2.24, 2.45) is 0 Å². The molecule has 1 N–H and O–H groups in total. The lowest BCUT2D eigenvalue weighted by Crippen LogP contribution is -2.08. The lowest BCUT2D eigenvalue weighted by atomic mass is 10.0. The molecule has 1 aliphatic rings. The van der Waals surface area contributed by atoms with Crippen LogP contribution in [0.4, 0.5) is 0 Å². The Bertz CT molecular complexity index is 279. The maximum absolute atomic E-state index is 9.45. The molecule has 0 saturated heterocycles. The summed E-state index contributed by atoms with van der Waals surface area (Å²) in [6, 6.07) is 3.52. The van der Waals surface area contributed by atoms with Gasteiger partial charge in [-0.15, -0.1) is 0 Å². The van der Waals surface area contributed by atoms with Gasteiger partial charge in [0.05, 0.1) is 6.61 Å². The number of phenols is 1. The van der Waals surface area contributed by atoms with Crippen molar-refractivity contribution in [2.45, 2.75) is 6.42 Å². The van der Waals surface area contributed by atoms with E-state index in [9.17, 15) is 5.11 Å². The number of phenolic OH excluding ortho intramolecular Hbond substituents is 1. The van der Waals surface area contributed by atoms with Crippen LogP contribution < -0.4 is 0 Å². The first-order valence-corrected chi connectivity index (χ1v) is 4.53. The van der Waals surface area contributed by atoms with Crippen LogP contribution in [0.15, 0.2) is 16.6 Å². The molecule has 0 saturated carbocycles. The van der Waals surface area contributed by atoms with Crippen molar-refractivity contribution < 1.29 is 9.84 Å². The summed E-state index contributed by atoms with van der Waals surface area (Å²) in [7, 11) is 0. The molecule has 1 aromatic carbocycles. The van der Waals surface area contributed by atoms with E-state index < -0.39 is 0 Å². The van der Waals surface area contributed by atoms with Crippen molar-refractivity contribution in [1.29, 1.82) is 0 Å². The average Bonchev–Trinajstić information content (AvgIpc) is 2.12. The molecule has 0 amide bonds. The summed E-state index contributed by atoms with van der Waals surface area (Å²) >= 11 is 3.43. The van der Waals surface area contributed by atoms with Gasteiger partial charge >= 0.3 is 0 Å². The molecule has 0 spiro atoms. The van der Waals surface area contributed by atoms with Crippen LogP contribution in [0.25, 0.3) is 0 Å². The highest BCUT2D eigenvalue weighted by molar-refractivity contribution is 9.10. The summed E-state index contributed by atoms with van der Waals surface area (Å²) < 4.78 is 6.16. The van der Waals surface area contributed by atoms with Gasteiger partial charge in [-0.25, -0.2) is 0 Å². The van der Waals surface area contributed by atoms with Crippen LogP contribution in [0.1, 0.15) is 11.1 Å². The lowest BCUT2D eigenvalue weighted by Gasteiger charge is -2.17. The second kappa shape index (κ2) is 3.07. The molecule has 12 heavy (non-hydrogen) atoms. The Morgan fingerprint density at radius 1 is 1.42 bits per heavy atom. The van der Waals surface area contributed by atoms with E-state index in [-0.39, 0.29) is 5.75 Å². The standard InChI is InChI=1S/C9H8BrO2/c10-8-1-2-9(11)7-5-12-4-3-6(7)8/h1-2,5,11H,3-4H2. The summed E-state index contributed by atoms with van der Waals surface area (Å²) in [5.41, 5.74) is 1.93. The first-order chi connectivity index (χ1) is 5.79. The SMILES string of the molecule is Oc1ccc(Br)c2c1[CH]OCC2. The molecular weight excluding hydrogens is 220 g/mol. The highest BCUT2D eigenvalue weighted by Gasteiger charge is 2.16. The van der Waals surface area contributed by atoms with Crippen LogP contribution in [0, 0.1) is 6.61 Å². The zero-order valence-electron chi connectivity index (χ0n) is 6.38. The molecule has 2 rings (SSSR count). The Morgan fingerprint density at radius 3 is 3.00 bits per heavy atom. The molecule has 1 radical (unpaired) electrons. The normalized spacial score (nSPS) is 15.8. The zero-order chi connectivity index (χ0) is 8.55. The number of hydrogen-bond acceptors (Lipinski definition) is 2. The van der Waals surface area contributed by atoms with E-state index in [1.54, 1.807) is 12.7 Å². The van der Waals surface area contributed by atoms with Crippen molar-refractivity contribution in [3.8, 4) is 5.75 Å². The minimum absolute atomic E-state index is 0.285. The van der Waals surface area contributed by atoms with Crippen LogP contribution in [0.2, 0.25) is 0 Å². The first-order valence-electron chi connectivity index (χ1n) is 3.74. The quantitative estimate of drug-likeness (QED) is 0.737. The molecule has 2 nitrogen and oxygen atoms in total. The van der Waals surface area contributed by atoms with E-state index >= 15 is 0 Å². The minimum atomic E-state index is 0.285. The van der Waals surface area contributed by atoms with E-state index in [1.807, 2.05) is 6.07 Å². The van der Waals surface area contributed by atoms with E-state index in [0.29, 0.717) is 6.61 Å². The predicted molar refractivity (Wildman–Crippen MR) is 48.9 cm³/mol. The van der Waals surface area contributed by atoms with Crippen LogP contribution in [-0.2, 0) is 11.2 Å². The highest BCUT2D eigenvalue weighted by atomic mass is 79.9. The molecule has 0 fully saturated rings. The van der Waals surface area contributed by atoms with Gasteiger partial charge in [0.1, 0.15) is 12.4 Å². The number of benzene rings is 1. The fourth-order valence-electron chi connectivity index (χ4n) is 1.31. The van der Waals surface area contributed by atoms with Crippen LogP contribution >= 0.6 is 15.9 Å². The Hall–Kier alpha value is -0.540. The van der Waals surface area contributed by atoms with Gasteiger partial charge in [-0.1, -0.05) is 15.9 Å². The third kappa shape index (κ3) is 1.23. The van der Waals surface area contributed by atoms with Crippen molar-refractivity contribution in [2.75, 3.05) is 6.61 Å². The zero-order valence-corrected chi connectivity index (χ0v) is 7.97. The van der Waals surface area contributed by atoms with Crippen molar-refractivity contribution in [3.63, 3.8) is 0 Å². The molecule has 63 valence electrons. The van der Waals surface area contributed by atoms with Gasteiger partial charge in [0, 0.05) is 10.0 Å². The van der Waals surface area contributed by atoms with Crippen LogP contribution in [0.5, 0.6) is 5.75 Å². The van der Waals surface area contributed by atoms with E-state index in [4.69, 9.17) is 4.74 Å². The molecule has 0 aromatic heterocycles. The Balaban J connectivity index is 2.57. The molecular formula is C9H8BrO2. The molecule has 1 heterocycles. The number of ether oxygens (including phenoxy) is 1. The topological polar surface area (TPSA) is 29.5 Å². The van der Waals surface area contributed by atoms with E-state index in [2.05, 4.69) is 15.9 Å². The van der Waals surface area contributed by atoms with Gasteiger partial charge in [0.25, 0.3) is 0 Å². The number of fused-ring (bicyclic) bond motifs is 1. The molecule has 0 bridgehead atoms. The van der Waals surface area contributed by atoms with Gasteiger partial charge in [-0.05, 0) is 24.1 Å². The number of halogens is 1. The number of rotatable bonds is 0. The third-order valence-corrected chi connectivity index (χ3v) is 2.69. The summed E-state index contributed by atoms with van der Waals surface area (Å²) in [6.07, 6.45) is 0.848. The Labute approximate surface area is 79.3 Å². The van der Waals surface area contributed by atoms with E-state index in [1.165, 1.54) is 0 Å². The second-order valence-corrected chi connectivity index (χ2v) is 3.55. The van der Waals surface area contributed by atoms with Gasteiger partial charge in [0.15, 0.2) is 0 Å². The summed E-state index contributed by atoms with van der Waals surface area (Å²) in [4.78, 5) is 0. The largest absolute Gasteiger partial charge is 0.508 e. The van der Waals surface area contributed by atoms with Crippen molar-refractivity contribution in [1.82, 2.24) is 0 Å².